The van der Waals surface area contributed by atoms with Crippen molar-refractivity contribution in [2.45, 2.75) is 38.1 Å². The molecule has 21 heavy (non-hydrogen) atoms. The molecule has 0 aromatic carbocycles. The van der Waals surface area contributed by atoms with Gasteiger partial charge in [0.15, 0.2) is 0 Å². The van der Waals surface area contributed by atoms with Gasteiger partial charge in [0.1, 0.15) is 0 Å². The third-order valence-corrected chi connectivity index (χ3v) is 4.28. The number of nitrogens with zero attached hydrogens (tertiary/aromatic N) is 2. The Labute approximate surface area is 126 Å². The molecule has 2 rings (SSSR count). The van der Waals surface area contributed by atoms with Gasteiger partial charge >= 0.3 is 5.97 Å². The largest absolute Gasteiger partial charge is 0.469 e. The molecule has 0 saturated carbocycles. The fourth-order valence-corrected chi connectivity index (χ4v) is 3.06. The summed E-state index contributed by atoms with van der Waals surface area (Å²) >= 11 is 0. The molecule has 2 aliphatic rings. The van der Waals surface area contributed by atoms with Crippen LogP contribution in [0.25, 0.3) is 0 Å². The van der Waals surface area contributed by atoms with Gasteiger partial charge in [0, 0.05) is 19.5 Å². The first-order valence-electron chi connectivity index (χ1n) is 7.90. The summed E-state index contributed by atoms with van der Waals surface area (Å²) in [4.78, 5) is 28.0. The van der Waals surface area contributed by atoms with Crippen LogP contribution < -0.4 is 0 Å². The molecule has 0 aromatic rings. The van der Waals surface area contributed by atoms with Crippen LogP contribution in [0.2, 0.25) is 0 Å². The summed E-state index contributed by atoms with van der Waals surface area (Å²) in [5.41, 5.74) is 0. The summed E-state index contributed by atoms with van der Waals surface area (Å²) in [7, 11) is 1.41. The van der Waals surface area contributed by atoms with Gasteiger partial charge in [0.25, 0.3) is 0 Å². The molecule has 0 aliphatic carbocycles. The Morgan fingerprint density at radius 1 is 1.19 bits per heavy atom. The lowest BCUT2D eigenvalue weighted by Crippen LogP contribution is -2.53. The fourth-order valence-electron chi connectivity index (χ4n) is 3.06. The molecule has 6 nitrogen and oxygen atoms in total. The van der Waals surface area contributed by atoms with Crippen LogP contribution in [0, 0.1) is 0 Å². The van der Waals surface area contributed by atoms with E-state index in [-0.39, 0.29) is 17.9 Å². The second kappa shape index (κ2) is 8.34. The van der Waals surface area contributed by atoms with Crippen LogP contribution in [0.15, 0.2) is 0 Å². The number of methoxy groups -OCH3 is 1. The topological polar surface area (TPSA) is 59.1 Å². The Balaban J connectivity index is 1.85. The highest BCUT2D eigenvalue weighted by Crippen LogP contribution is 2.20. The van der Waals surface area contributed by atoms with Crippen LogP contribution in [0.5, 0.6) is 0 Å². The smallest absolute Gasteiger partial charge is 0.305 e. The second-order valence-corrected chi connectivity index (χ2v) is 5.66. The fraction of sp³-hybridized carbons (Fsp3) is 0.867. The predicted octanol–water partition coefficient (Wildman–Crippen LogP) is 0.653. The van der Waals surface area contributed by atoms with Gasteiger partial charge in [-0.2, -0.15) is 0 Å². The average Bonchev–Trinajstić information content (AvgIpc) is 2.55. The molecule has 1 unspecified atom stereocenters. The van der Waals surface area contributed by atoms with Crippen LogP contribution in [0.3, 0.4) is 0 Å². The average molecular weight is 298 g/mol. The first kappa shape index (κ1) is 16.2. The van der Waals surface area contributed by atoms with E-state index in [2.05, 4.69) is 9.64 Å². The van der Waals surface area contributed by atoms with Crippen molar-refractivity contribution in [1.82, 2.24) is 9.80 Å². The van der Waals surface area contributed by atoms with Gasteiger partial charge in [-0.05, 0) is 32.4 Å². The standard InChI is InChI=1S/C15H26N2O4/c1-20-14(18)6-4-8-16-7-3-2-5-13(16)15(19)17-9-11-21-12-10-17/h13H,2-12H2,1H3. The summed E-state index contributed by atoms with van der Waals surface area (Å²) in [6.07, 6.45) is 4.33. The minimum atomic E-state index is -0.178. The van der Waals surface area contributed by atoms with Crippen LogP contribution in [0.1, 0.15) is 32.1 Å². The van der Waals surface area contributed by atoms with E-state index in [4.69, 9.17) is 4.74 Å². The molecular weight excluding hydrogens is 272 g/mol. The minimum Gasteiger partial charge on any atom is -0.469 e. The molecule has 1 amide bonds. The van der Waals surface area contributed by atoms with Gasteiger partial charge < -0.3 is 14.4 Å². The number of ether oxygens (including phenoxy) is 2. The molecule has 0 aromatic heterocycles. The Morgan fingerprint density at radius 3 is 2.67 bits per heavy atom. The number of esters is 1. The maximum absolute atomic E-state index is 12.7. The molecule has 0 radical (unpaired) electrons. The summed E-state index contributed by atoms with van der Waals surface area (Å²) in [6, 6.07) is -0.0190. The number of amides is 1. The van der Waals surface area contributed by atoms with Gasteiger partial charge in [0.2, 0.25) is 5.91 Å². The molecule has 2 saturated heterocycles. The van der Waals surface area contributed by atoms with E-state index < -0.39 is 0 Å². The van der Waals surface area contributed by atoms with Gasteiger partial charge in [-0.25, -0.2) is 0 Å². The number of carbonyl (C=O) groups excluding carboxylic acids is 2. The van der Waals surface area contributed by atoms with Crippen LogP contribution in [0.4, 0.5) is 0 Å². The molecule has 6 heteroatoms. The molecule has 0 bridgehead atoms. The first-order valence-corrected chi connectivity index (χ1v) is 7.90. The third-order valence-electron chi connectivity index (χ3n) is 4.28. The second-order valence-electron chi connectivity index (χ2n) is 5.66. The lowest BCUT2D eigenvalue weighted by atomic mass is 10.00. The van der Waals surface area contributed by atoms with Crippen molar-refractivity contribution in [3.8, 4) is 0 Å². The third kappa shape index (κ3) is 4.68. The number of likely N-dealkylation sites (tertiary alicyclic amines) is 1. The van der Waals surface area contributed by atoms with Crippen LogP contribution in [-0.2, 0) is 19.1 Å². The number of morpholine rings is 1. The van der Waals surface area contributed by atoms with E-state index in [0.29, 0.717) is 32.7 Å². The van der Waals surface area contributed by atoms with Crippen molar-refractivity contribution in [3.63, 3.8) is 0 Å². The Hall–Kier alpha value is -1.14. The summed E-state index contributed by atoms with van der Waals surface area (Å²) in [5.74, 6) is 0.0548. The highest BCUT2D eigenvalue weighted by molar-refractivity contribution is 5.82. The van der Waals surface area contributed by atoms with Gasteiger partial charge in [-0.3, -0.25) is 14.5 Å². The maximum Gasteiger partial charge on any atom is 0.305 e. The van der Waals surface area contributed by atoms with E-state index >= 15 is 0 Å². The molecule has 2 aliphatic heterocycles. The molecular formula is C15H26N2O4. The van der Waals surface area contributed by atoms with E-state index in [1.165, 1.54) is 7.11 Å². The predicted molar refractivity (Wildman–Crippen MR) is 77.9 cm³/mol. The molecule has 0 N–H and O–H groups in total. The highest BCUT2D eigenvalue weighted by Gasteiger charge is 2.32. The van der Waals surface area contributed by atoms with Crippen LogP contribution in [-0.4, -0.2) is 74.2 Å². The molecule has 0 spiro atoms. The first-order chi connectivity index (χ1) is 10.2. The summed E-state index contributed by atoms with van der Waals surface area (Å²) in [6.45, 7) is 4.41. The summed E-state index contributed by atoms with van der Waals surface area (Å²) < 4.78 is 9.97. The lowest BCUT2D eigenvalue weighted by Gasteiger charge is -2.38. The van der Waals surface area contributed by atoms with Gasteiger partial charge in [-0.1, -0.05) is 6.42 Å². The number of rotatable bonds is 5. The number of hydrogen-bond donors (Lipinski definition) is 0. The zero-order valence-corrected chi connectivity index (χ0v) is 12.9. The molecule has 1 atom stereocenters. The van der Waals surface area contributed by atoms with Crippen molar-refractivity contribution >= 4 is 11.9 Å². The quantitative estimate of drug-likeness (QED) is 0.698. The molecule has 2 fully saturated rings. The van der Waals surface area contributed by atoms with Gasteiger partial charge in [-0.15, -0.1) is 0 Å². The minimum absolute atomic E-state index is 0.0190. The highest BCUT2D eigenvalue weighted by atomic mass is 16.5. The SMILES string of the molecule is COC(=O)CCCN1CCCCC1C(=O)N1CCOCC1. The normalized spacial score (nSPS) is 23.9. The number of carbonyl (C=O) groups is 2. The number of piperidine rings is 1. The Kier molecular flexibility index (Phi) is 6.45. The monoisotopic (exact) mass is 298 g/mol. The van der Waals surface area contributed by atoms with Gasteiger partial charge in [0.05, 0.1) is 26.4 Å². The molecule has 2 heterocycles. The van der Waals surface area contributed by atoms with Crippen molar-refractivity contribution in [2.24, 2.45) is 0 Å². The van der Waals surface area contributed by atoms with Crippen LogP contribution >= 0.6 is 0 Å². The molecule has 120 valence electrons. The number of hydrogen-bond acceptors (Lipinski definition) is 5. The van der Waals surface area contributed by atoms with E-state index in [1.54, 1.807) is 0 Å². The van der Waals surface area contributed by atoms with E-state index in [0.717, 1.165) is 38.8 Å². The zero-order valence-electron chi connectivity index (χ0n) is 12.9. The van der Waals surface area contributed by atoms with Crippen molar-refractivity contribution in [3.05, 3.63) is 0 Å². The Bertz CT molecular complexity index is 356. The summed E-state index contributed by atoms with van der Waals surface area (Å²) in [5, 5.41) is 0. The van der Waals surface area contributed by atoms with E-state index in [1.807, 2.05) is 4.90 Å². The zero-order chi connectivity index (χ0) is 15.1. The maximum atomic E-state index is 12.7. The lowest BCUT2D eigenvalue weighted by molar-refractivity contribution is -0.142. The van der Waals surface area contributed by atoms with E-state index in [9.17, 15) is 9.59 Å². The van der Waals surface area contributed by atoms with Crippen molar-refractivity contribution in [1.29, 1.82) is 0 Å². The Morgan fingerprint density at radius 2 is 1.95 bits per heavy atom. The van der Waals surface area contributed by atoms with Crippen molar-refractivity contribution < 1.29 is 19.1 Å². The van der Waals surface area contributed by atoms with Crippen molar-refractivity contribution in [2.75, 3.05) is 46.5 Å².